The molecule has 1 aliphatic carbocycles. The summed E-state index contributed by atoms with van der Waals surface area (Å²) in [5.74, 6) is -0.719. The first kappa shape index (κ1) is 13.8. The van der Waals surface area contributed by atoms with Crippen molar-refractivity contribution in [3.63, 3.8) is 0 Å². The van der Waals surface area contributed by atoms with Gasteiger partial charge in [-0.05, 0) is 25.7 Å². The molecular weight excluding hydrogens is 244 g/mol. The van der Waals surface area contributed by atoms with Gasteiger partial charge in [0.2, 0.25) is 0 Å². The second-order valence-electron chi connectivity index (χ2n) is 5.62. The number of carboxylic acids is 1. The molecule has 3 atom stereocenters. The Morgan fingerprint density at radius 3 is 2.84 bits per heavy atom. The lowest BCUT2D eigenvalue weighted by atomic mass is 9.75. The lowest BCUT2D eigenvalue weighted by Gasteiger charge is -2.30. The zero-order chi connectivity index (χ0) is 14.2. The van der Waals surface area contributed by atoms with Crippen molar-refractivity contribution in [2.75, 3.05) is 0 Å². The van der Waals surface area contributed by atoms with Gasteiger partial charge >= 0.3 is 11.9 Å². The van der Waals surface area contributed by atoms with Crippen molar-refractivity contribution >= 4 is 11.9 Å². The van der Waals surface area contributed by atoms with Gasteiger partial charge in [-0.2, -0.15) is 0 Å². The van der Waals surface area contributed by atoms with Crippen LogP contribution in [0.25, 0.3) is 0 Å². The van der Waals surface area contributed by atoms with Gasteiger partial charge in [-0.1, -0.05) is 24.6 Å². The molecule has 19 heavy (non-hydrogen) atoms. The van der Waals surface area contributed by atoms with Gasteiger partial charge in [0.1, 0.15) is 6.10 Å². The Balaban J connectivity index is 2.09. The van der Waals surface area contributed by atoms with Crippen LogP contribution in [0.2, 0.25) is 0 Å². The number of aliphatic carboxylic acids is 1. The minimum Gasteiger partial charge on any atom is -0.481 e. The summed E-state index contributed by atoms with van der Waals surface area (Å²) in [5.41, 5.74) is 3.09. The number of fused-ring (bicyclic) bond motifs is 1. The number of carbonyl (C=O) groups excluding carboxylic acids is 1. The third-order valence-electron chi connectivity index (χ3n) is 4.30. The fraction of sp³-hybridized carbons (Fsp3) is 0.600. The Morgan fingerprint density at radius 2 is 2.21 bits per heavy atom. The summed E-state index contributed by atoms with van der Waals surface area (Å²) >= 11 is 0. The van der Waals surface area contributed by atoms with Crippen LogP contribution < -0.4 is 0 Å². The summed E-state index contributed by atoms with van der Waals surface area (Å²) in [6, 6.07) is 0. The van der Waals surface area contributed by atoms with Gasteiger partial charge in [0.25, 0.3) is 0 Å². The molecule has 0 spiro atoms. The van der Waals surface area contributed by atoms with E-state index in [0.29, 0.717) is 12.0 Å². The monoisotopic (exact) mass is 264 g/mol. The third-order valence-corrected chi connectivity index (χ3v) is 4.30. The highest BCUT2D eigenvalue weighted by Gasteiger charge is 2.42. The maximum Gasteiger partial charge on any atom is 0.334 e. The molecule has 4 nitrogen and oxygen atoms in total. The summed E-state index contributed by atoms with van der Waals surface area (Å²) in [5, 5.41) is 8.76. The minimum absolute atomic E-state index is 0.0598. The van der Waals surface area contributed by atoms with E-state index >= 15 is 0 Å². The topological polar surface area (TPSA) is 63.6 Å². The molecule has 1 heterocycles. The number of allylic oxidation sites excluding steroid dienone is 1. The van der Waals surface area contributed by atoms with Crippen LogP contribution in [0.3, 0.4) is 0 Å². The Hall–Kier alpha value is -1.58. The first-order valence-corrected chi connectivity index (χ1v) is 6.70. The normalized spacial score (nSPS) is 28.1. The number of rotatable bonds is 4. The first-order valence-electron chi connectivity index (χ1n) is 6.70. The molecule has 0 aromatic rings. The van der Waals surface area contributed by atoms with Crippen molar-refractivity contribution in [1.29, 1.82) is 0 Å². The van der Waals surface area contributed by atoms with E-state index < -0.39 is 5.97 Å². The largest absolute Gasteiger partial charge is 0.481 e. The number of ether oxygens (including phenoxy) is 1. The smallest absolute Gasteiger partial charge is 0.334 e. The van der Waals surface area contributed by atoms with Crippen molar-refractivity contribution in [2.24, 2.45) is 11.8 Å². The standard InChI is InChI=1S/C15H20O4/c1-8(4-5-14(16)17)11-7-12-10(3)15(18)19-13(12)6-9(11)2/h8,12-13H,3-7H2,1-2H3,(H,16,17). The van der Waals surface area contributed by atoms with Gasteiger partial charge in [-0.15, -0.1) is 0 Å². The molecule has 0 bridgehead atoms. The van der Waals surface area contributed by atoms with Gasteiger partial charge < -0.3 is 9.84 Å². The van der Waals surface area contributed by atoms with Crippen LogP contribution in [0, 0.1) is 11.8 Å². The van der Waals surface area contributed by atoms with Gasteiger partial charge in [0.05, 0.1) is 0 Å². The molecule has 0 saturated carbocycles. The average Bonchev–Trinajstić information content (AvgIpc) is 2.60. The van der Waals surface area contributed by atoms with Crippen molar-refractivity contribution in [3.05, 3.63) is 23.3 Å². The summed E-state index contributed by atoms with van der Waals surface area (Å²) in [7, 11) is 0. The van der Waals surface area contributed by atoms with Gasteiger partial charge in [0, 0.05) is 24.3 Å². The summed E-state index contributed by atoms with van der Waals surface area (Å²) in [6.07, 6.45) is 2.29. The Kier molecular flexibility index (Phi) is 3.78. The Labute approximate surface area is 113 Å². The molecule has 1 aliphatic heterocycles. The highest BCUT2D eigenvalue weighted by atomic mass is 16.6. The van der Waals surface area contributed by atoms with Crippen molar-refractivity contribution in [2.45, 2.75) is 45.6 Å². The van der Waals surface area contributed by atoms with E-state index in [1.165, 1.54) is 11.1 Å². The summed E-state index contributed by atoms with van der Waals surface area (Å²) < 4.78 is 5.31. The lowest BCUT2D eigenvalue weighted by Crippen LogP contribution is -2.25. The molecule has 2 rings (SSSR count). The number of esters is 1. The number of hydrogen-bond acceptors (Lipinski definition) is 3. The maximum atomic E-state index is 11.5. The Bertz CT molecular complexity index is 461. The van der Waals surface area contributed by atoms with E-state index in [-0.39, 0.29) is 30.3 Å². The molecule has 0 aromatic carbocycles. The van der Waals surface area contributed by atoms with Crippen molar-refractivity contribution < 1.29 is 19.4 Å². The van der Waals surface area contributed by atoms with Gasteiger partial charge in [-0.25, -0.2) is 4.79 Å². The van der Waals surface area contributed by atoms with Crippen LogP contribution in [0.5, 0.6) is 0 Å². The highest BCUT2D eigenvalue weighted by molar-refractivity contribution is 5.91. The molecule has 3 unspecified atom stereocenters. The number of hydrogen-bond donors (Lipinski definition) is 1. The van der Waals surface area contributed by atoms with Crippen molar-refractivity contribution in [1.82, 2.24) is 0 Å². The maximum absolute atomic E-state index is 11.5. The van der Waals surface area contributed by atoms with Gasteiger partial charge in [0.15, 0.2) is 0 Å². The van der Waals surface area contributed by atoms with E-state index in [1.807, 2.05) is 0 Å². The second kappa shape index (κ2) is 5.19. The van der Waals surface area contributed by atoms with E-state index in [1.54, 1.807) is 0 Å². The zero-order valence-electron chi connectivity index (χ0n) is 11.4. The fourth-order valence-electron chi connectivity index (χ4n) is 3.09. The predicted octanol–water partition coefficient (Wildman–Crippen LogP) is 2.70. The lowest BCUT2D eigenvalue weighted by molar-refractivity contribution is -0.139. The number of carboxylic acid groups (broad SMARTS) is 1. The second-order valence-corrected chi connectivity index (χ2v) is 5.62. The molecule has 0 aromatic heterocycles. The molecular formula is C15H20O4. The quantitative estimate of drug-likeness (QED) is 0.481. The van der Waals surface area contributed by atoms with E-state index in [9.17, 15) is 9.59 Å². The Morgan fingerprint density at radius 1 is 1.53 bits per heavy atom. The minimum atomic E-state index is -0.762. The number of carbonyl (C=O) groups is 2. The first-order chi connectivity index (χ1) is 8.90. The van der Waals surface area contributed by atoms with Crippen LogP contribution in [0.4, 0.5) is 0 Å². The molecule has 1 N–H and O–H groups in total. The predicted molar refractivity (Wildman–Crippen MR) is 70.5 cm³/mol. The molecule has 0 amide bonds. The van der Waals surface area contributed by atoms with Crippen molar-refractivity contribution in [3.8, 4) is 0 Å². The third kappa shape index (κ3) is 2.72. The van der Waals surface area contributed by atoms with E-state index in [4.69, 9.17) is 9.84 Å². The van der Waals surface area contributed by atoms with Gasteiger partial charge in [-0.3, -0.25) is 4.79 Å². The molecule has 1 fully saturated rings. The van der Waals surface area contributed by atoms with Crippen LogP contribution in [0.1, 0.15) is 39.5 Å². The average molecular weight is 264 g/mol. The van der Waals surface area contributed by atoms with Crippen LogP contribution in [-0.4, -0.2) is 23.1 Å². The van der Waals surface area contributed by atoms with Crippen LogP contribution in [0.15, 0.2) is 23.3 Å². The fourth-order valence-corrected chi connectivity index (χ4v) is 3.09. The van der Waals surface area contributed by atoms with E-state index in [0.717, 1.165) is 12.8 Å². The molecule has 2 aliphatic rings. The summed E-state index contributed by atoms with van der Waals surface area (Å²) in [6.45, 7) is 7.93. The molecule has 0 radical (unpaired) electrons. The molecule has 104 valence electrons. The molecule has 4 heteroatoms. The highest BCUT2D eigenvalue weighted by Crippen LogP contribution is 2.43. The zero-order valence-corrected chi connectivity index (χ0v) is 11.4. The van der Waals surface area contributed by atoms with Crippen LogP contribution in [-0.2, 0) is 14.3 Å². The van der Waals surface area contributed by atoms with Crippen LogP contribution >= 0.6 is 0 Å². The SMILES string of the molecule is C=C1C(=O)OC2CC(C)=C(C(C)CCC(=O)O)CC12. The summed E-state index contributed by atoms with van der Waals surface area (Å²) in [4.78, 5) is 22.2. The van der Waals surface area contributed by atoms with E-state index in [2.05, 4.69) is 20.4 Å². The molecule has 1 saturated heterocycles.